The van der Waals surface area contributed by atoms with Crippen molar-refractivity contribution in [1.82, 2.24) is 9.78 Å². The molecular weight excluding hydrogens is 374 g/mol. The van der Waals surface area contributed by atoms with E-state index < -0.39 is 4.92 Å². The summed E-state index contributed by atoms with van der Waals surface area (Å²) in [5.41, 5.74) is 5.60. The maximum Gasteiger partial charge on any atom is 0.271 e. The molecule has 0 saturated heterocycles. The minimum Gasteiger partial charge on any atom is -0.332 e. The van der Waals surface area contributed by atoms with Crippen molar-refractivity contribution in [3.05, 3.63) is 81.2 Å². The molecule has 28 heavy (non-hydrogen) atoms. The van der Waals surface area contributed by atoms with Gasteiger partial charge in [-0.2, -0.15) is 5.10 Å². The normalized spacial score (nSPS) is 10.5. The molecule has 0 saturated carbocycles. The van der Waals surface area contributed by atoms with Gasteiger partial charge in [0, 0.05) is 17.8 Å². The zero-order chi connectivity index (χ0) is 20.3. The second kappa shape index (κ2) is 8.18. The van der Waals surface area contributed by atoms with Crippen molar-refractivity contribution >= 4 is 34.4 Å². The molecule has 3 aromatic rings. The maximum absolute atomic E-state index is 10.9. The predicted molar refractivity (Wildman–Crippen MR) is 115 cm³/mol. The van der Waals surface area contributed by atoms with Crippen LogP contribution in [-0.2, 0) is 6.54 Å². The Labute approximate surface area is 168 Å². The number of nitro benzene ring substituents is 1. The molecule has 0 bridgehead atoms. The molecule has 0 atom stereocenters. The fourth-order valence-electron chi connectivity index (χ4n) is 2.95. The first kappa shape index (κ1) is 19.5. The largest absolute Gasteiger partial charge is 0.332 e. The van der Waals surface area contributed by atoms with Crippen molar-refractivity contribution in [1.29, 1.82) is 0 Å². The van der Waals surface area contributed by atoms with Gasteiger partial charge in [0.15, 0.2) is 5.11 Å². The molecular formula is C20H21N5O2S. The van der Waals surface area contributed by atoms with Crippen molar-refractivity contribution in [2.24, 2.45) is 0 Å². The third-order valence-electron chi connectivity index (χ3n) is 4.52. The summed E-state index contributed by atoms with van der Waals surface area (Å²) in [5, 5.41) is 22.0. The lowest BCUT2D eigenvalue weighted by Crippen LogP contribution is -2.20. The fourth-order valence-corrected chi connectivity index (χ4v) is 3.17. The standard InChI is InChI=1S/C20H21N5O2S/c1-13-7-4-5-8-16(13)12-24-15(3)19(14(2)23-24)22-20(28)21-17-9-6-10-18(11-17)25(26)27/h4-11H,12H2,1-3H3,(H2,21,22,28). The Kier molecular flexibility index (Phi) is 5.70. The van der Waals surface area contributed by atoms with Gasteiger partial charge >= 0.3 is 0 Å². The van der Waals surface area contributed by atoms with Crippen LogP contribution < -0.4 is 10.6 Å². The summed E-state index contributed by atoms with van der Waals surface area (Å²) in [6.07, 6.45) is 0. The molecule has 144 valence electrons. The SMILES string of the molecule is Cc1ccccc1Cn1nc(C)c(NC(=S)Nc2cccc([N+](=O)[O-])c2)c1C. The lowest BCUT2D eigenvalue weighted by Gasteiger charge is -2.11. The number of rotatable bonds is 5. The molecule has 1 aromatic heterocycles. The van der Waals surface area contributed by atoms with Gasteiger partial charge in [-0.1, -0.05) is 30.3 Å². The van der Waals surface area contributed by atoms with Crippen LogP contribution in [-0.4, -0.2) is 19.8 Å². The molecule has 0 amide bonds. The highest BCUT2D eigenvalue weighted by Crippen LogP contribution is 2.22. The van der Waals surface area contributed by atoms with E-state index in [4.69, 9.17) is 12.2 Å². The van der Waals surface area contributed by atoms with Gasteiger partial charge in [-0.3, -0.25) is 14.8 Å². The van der Waals surface area contributed by atoms with Gasteiger partial charge < -0.3 is 10.6 Å². The van der Waals surface area contributed by atoms with Crippen molar-refractivity contribution < 1.29 is 4.92 Å². The van der Waals surface area contributed by atoms with Crippen LogP contribution in [0.5, 0.6) is 0 Å². The molecule has 1 heterocycles. The van der Waals surface area contributed by atoms with Gasteiger partial charge in [0.05, 0.1) is 28.5 Å². The van der Waals surface area contributed by atoms with E-state index in [0.29, 0.717) is 17.3 Å². The molecule has 8 heteroatoms. The molecule has 0 fully saturated rings. The first-order valence-electron chi connectivity index (χ1n) is 8.76. The van der Waals surface area contributed by atoms with Gasteiger partial charge in [0.25, 0.3) is 5.69 Å². The van der Waals surface area contributed by atoms with Crippen LogP contribution in [0.4, 0.5) is 17.1 Å². The molecule has 7 nitrogen and oxygen atoms in total. The van der Waals surface area contributed by atoms with Crippen LogP contribution in [0.1, 0.15) is 22.5 Å². The summed E-state index contributed by atoms with van der Waals surface area (Å²) in [6.45, 7) is 6.65. The van der Waals surface area contributed by atoms with E-state index in [0.717, 1.165) is 17.1 Å². The van der Waals surface area contributed by atoms with E-state index in [2.05, 4.69) is 34.8 Å². The topological polar surface area (TPSA) is 85.0 Å². The number of nitro groups is 1. The van der Waals surface area contributed by atoms with Gasteiger partial charge in [-0.15, -0.1) is 0 Å². The number of aromatic nitrogens is 2. The highest BCUT2D eigenvalue weighted by Gasteiger charge is 2.14. The van der Waals surface area contributed by atoms with Gasteiger partial charge in [0.1, 0.15) is 0 Å². The third kappa shape index (κ3) is 4.34. The molecule has 0 radical (unpaired) electrons. The molecule has 0 aliphatic carbocycles. The van der Waals surface area contributed by atoms with Crippen molar-refractivity contribution in [2.45, 2.75) is 27.3 Å². The highest BCUT2D eigenvalue weighted by atomic mass is 32.1. The molecule has 0 spiro atoms. The quantitative estimate of drug-likeness (QED) is 0.374. The van der Waals surface area contributed by atoms with Gasteiger partial charge in [0.2, 0.25) is 0 Å². The number of aryl methyl sites for hydroxylation is 2. The number of non-ortho nitro benzene ring substituents is 1. The molecule has 0 aliphatic heterocycles. The molecule has 0 unspecified atom stereocenters. The Bertz CT molecular complexity index is 1040. The summed E-state index contributed by atoms with van der Waals surface area (Å²) >= 11 is 5.38. The molecule has 3 rings (SSSR count). The predicted octanol–water partition coefficient (Wildman–Crippen LogP) is 4.57. The van der Waals surface area contributed by atoms with Gasteiger partial charge in [-0.25, -0.2) is 0 Å². The smallest absolute Gasteiger partial charge is 0.271 e. The minimum atomic E-state index is -0.439. The monoisotopic (exact) mass is 395 g/mol. The minimum absolute atomic E-state index is 0.00575. The van der Waals surface area contributed by atoms with Crippen LogP contribution in [0.25, 0.3) is 0 Å². The lowest BCUT2D eigenvalue weighted by molar-refractivity contribution is -0.384. The van der Waals surface area contributed by atoms with E-state index >= 15 is 0 Å². The number of nitrogens with one attached hydrogen (secondary N) is 2. The Morgan fingerprint density at radius 2 is 1.89 bits per heavy atom. The number of hydrogen-bond donors (Lipinski definition) is 2. The van der Waals surface area contributed by atoms with E-state index in [-0.39, 0.29) is 5.69 Å². The summed E-state index contributed by atoms with van der Waals surface area (Å²) in [7, 11) is 0. The number of hydrogen-bond acceptors (Lipinski definition) is 4. The Balaban J connectivity index is 1.75. The van der Waals surface area contributed by atoms with E-state index in [9.17, 15) is 10.1 Å². The lowest BCUT2D eigenvalue weighted by atomic mass is 10.1. The van der Waals surface area contributed by atoms with Crippen LogP contribution in [0.2, 0.25) is 0 Å². The zero-order valence-corrected chi connectivity index (χ0v) is 16.7. The van der Waals surface area contributed by atoms with Gasteiger partial charge in [-0.05, 0) is 50.2 Å². The Morgan fingerprint density at radius 3 is 2.61 bits per heavy atom. The fraction of sp³-hybridized carbons (Fsp3) is 0.200. The zero-order valence-electron chi connectivity index (χ0n) is 15.9. The summed E-state index contributed by atoms with van der Waals surface area (Å²) in [6, 6.07) is 14.4. The number of anilines is 2. The second-order valence-corrected chi connectivity index (χ2v) is 6.92. The van der Waals surface area contributed by atoms with Crippen LogP contribution in [0.3, 0.4) is 0 Å². The number of nitrogens with zero attached hydrogens (tertiary/aromatic N) is 3. The summed E-state index contributed by atoms with van der Waals surface area (Å²) in [5.74, 6) is 0. The second-order valence-electron chi connectivity index (χ2n) is 6.52. The third-order valence-corrected chi connectivity index (χ3v) is 4.72. The molecule has 2 aromatic carbocycles. The summed E-state index contributed by atoms with van der Waals surface area (Å²) in [4.78, 5) is 10.5. The van der Waals surface area contributed by atoms with Crippen LogP contribution in [0.15, 0.2) is 48.5 Å². The Hall–Kier alpha value is -3.26. The average Bonchev–Trinajstić information content (AvgIpc) is 2.91. The average molecular weight is 395 g/mol. The Morgan fingerprint density at radius 1 is 1.14 bits per heavy atom. The maximum atomic E-state index is 10.9. The highest BCUT2D eigenvalue weighted by molar-refractivity contribution is 7.80. The molecule has 0 aliphatic rings. The van der Waals surface area contributed by atoms with Crippen LogP contribution in [0, 0.1) is 30.9 Å². The van der Waals surface area contributed by atoms with E-state index in [1.807, 2.05) is 30.7 Å². The van der Waals surface area contributed by atoms with Crippen molar-refractivity contribution in [3.8, 4) is 0 Å². The van der Waals surface area contributed by atoms with E-state index in [1.165, 1.54) is 23.3 Å². The number of benzene rings is 2. The summed E-state index contributed by atoms with van der Waals surface area (Å²) < 4.78 is 1.94. The first-order chi connectivity index (χ1) is 13.3. The van der Waals surface area contributed by atoms with Crippen molar-refractivity contribution in [2.75, 3.05) is 10.6 Å². The van der Waals surface area contributed by atoms with E-state index in [1.54, 1.807) is 12.1 Å². The van der Waals surface area contributed by atoms with Crippen molar-refractivity contribution in [3.63, 3.8) is 0 Å². The number of thiocarbonyl (C=S) groups is 1. The first-order valence-corrected chi connectivity index (χ1v) is 9.17. The molecule has 2 N–H and O–H groups in total. The van der Waals surface area contributed by atoms with Crippen LogP contribution >= 0.6 is 12.2 Å².